The minimum atomic E-state index is -0.132. The quantitative estimate of drug-likeness (QED) is 0.745. The van der Waals surface area contributed by atoms with Crippen LogP contribution in [0.15, 0.2) is 30.3 Å². The van der Waals surface area contributed by atoms with Crippen LogP contribution in [0.5, 0.6) is 0 Å². The van der Waals surface area contributed by atoms with Crippen LogP contribution in [0.2, 0.25) is 0 Å². The Labute approximate surface area is 176 Å². The molecule has 3 heterocycles. The third-order valence-electron chi connectivity index (χ3n) is 5.76. The Morgan fingerprint density at radius 2 is 1.77 bits per heavy atom. The zero-order chi connectivity index (χ0) is 20.9. The smallest absolute Gasteiger partial charge is 0.308 e. The van der Waals surface area contributed by atoms with E-state index in [1.165, 1.54) is 7.11 Å². The number of benzene rings is 1. The van der Waals surface area contributed by atoms with Gasteiger partial charge in [-0.05, 0) is 24.5 Å². The molecule has 2 aliphatic rings. The second kappa shape index (κ2) is 9.40. The lowest BCUT2D eigenvalue weighted by molar-refractivity contribution is -0.146. The van der Waals surface area contributed by atoms with Gasteiger partial charge >= 0.3 is 5.97 Å². The molecular formula is C22H28N4O4. The van der Waals surface area contributed by atoms with Crippen molar-refractivity contribution in [3.63, 3.8) is 0 Å². The SMILES string of the molecule is COC(=O)C1CCN(c2cc(N3CCOCC3)nc(-c3cccc(CO)c3)n2)CC1. The first-order chi connectivity index (χ1) is 14.7. The van der Waals surface area contributed by atoms with Gasteiger partial charge in [-0.25, -0.2) is 9.97 Å². The monoisotopic (exact) mass is 412 g/mol. The average Bonchev–Trinajstić information content (AvgIpc) is 2.84. The molecule has 0 atom stereocenters. The molecule has 1 aromatic carbocycles. The summed E-state index contributed by atoms with van der Waals surface area (Å²) in [7, 11) is 1.44. The van der Waals surface area contributed by atoms with E-state index in [9.17, 15) is 9.90 Å². The molecule has 2 aromatic rings. The van der Waals surface area contributed by atoms with E-state index in [0.29, 0.717) is 19.0 Å². The van der Waals surface area contributed by atoms with Gasteiger partial charge in [0.15, 0.2) is 5.82 Å². The molecule has 30 heavy (non-hydrogen) atoms. The maximum atomic E-state index is 11.9. The number of carbonyl (C=O) groups excluding carboxylic acids is 1. The van der Waals surface area contributed by atoms with Crippen LogP contribution < -0.4 is 9.80 Å². The van der Waals surface area contributed by atoms with Gasteiger partial charge in [-0.1, -0.05) is 18.2 Å². The van der Waals surface area contributed by atoms with Crippen LogP contribution >= 0.6 is 0 Å². The maximum absolute atomic E-state index is 11.9. The molecule has 160 valence electrons. The number of esters is 1. The van der Waals surface area contributed by atoms with Crippen molar-refractivity contribution >= 4 is 17.6 Å². The van der Waals surface area contributed by atoms with Crippen molar-refractivity contribution in [1.29, 1.82) is 0 Å². The van der Waals surface area contributed by atoms with Gasteiger partial charge in [0, 0.05) is 37.8 Å². The lowest BCUT2D eigenvalue weighted by Gasteiger charge is -2.33. The fourth-order valence-corrected chi connectivity index (χ4v) is 3.99. The second-order valence-corrected chi connectivity index (χ2v) is 7.65. The largest absolute Gasteiger partial charge is 0.469 e. The lowest BCUT2D eigenvalue weighted by atomic mass is 9.97. The first kappa shape index (κ1) is 20.6. The number of aliphatic hydroxyl groups excluding tert-OH is 1. The number of piperidine rings is 1. The van der Waals surface area contributed by atoms with Gasteiger partial charge in [0.2, 0.25) is 0 Å². The maximum Gasteiger partial charge on any atom is 0.308 e. The highest BCUT2D eigenvalue weighted by Crippen LogP contribution is 2.29. The minimum Gasteiger partial charge on any atom is -0.469 e. The Kier molecular flexibility index (Phi) is 6.44. The van der Waals surface area contributed by atoms with Crippen LogP contribution in [0.1, 0.15) is 18.4 Å². The molecular weight excluding hydrogens is 384 g/mol. The number of hydrogen-bond acceptors (Lipinski definition) is 8. The molecule has 1 N–H and O–H groups in total. The number of methoxy groups -OCH3 is 1. The Morgan fingerprint density at radius 1 is 1.10 bits per heavy atom. The Bertz CT molecular complexity index is 877. The number of carbonyl (C=O) groups is 1. The number of rotatable bonds is 5. The van der Waals surface area contributed by atoms with E-state index in [1.807, 2.05) is 30.3 Å². The van der Waals surface area contributed by atoms with Crippen molar-refractivity contribution in [2.45, 2.75) is 19.4 Å². The molecule has 0 unspecified atom stereocenters. The fraction of sp³-hybridized carbons (Fsp3) is 0.500. The predicted octanol–water partition coefficient (Wildman–Crippen LogP) is 1.86. The standard InChI is InChI=1S/C22H28N4O4/c1-29-22(28)17-5-7-25(8-6-17)19-14-20(26-9-11-30-12-10-26)24-21(23-19)18-4-2-3-16(13-18)15-27/h2-4,13-14,17,27H,5-12,15H2,1H3. The molecule has 1 aromatic heterocycles. The molecule has 0 amide bonds. The number of anilines is 2. The topological polar surface area (TPSA) is 88.0 Å². The van der Waals surface area contributed by atoms with Crippen molar-refractivity contribution in [2.24, 2.45) is 5.92 Å². The number of hydrogen-bond donors (Lipinski definition) is 1. The zero-order valence-corrected chi connectivity index (χ0v) is 17.3. The van der Waals surface area contributed by atoms with E-state index >= 15 is 0 Å². The lowest BCUT2D eigenvalue weighted by Crippen LogP contribution is -2.39. The summed E-state index contributed by atoms with van der Waals surface area (Å²) in [5.41, 5.74) is 1.70. The van der Waals surface area contributed by atoms with Gasteiger partial charge in [0.1, 0.15) is 11.6 Å². The van der Waals surface area contributed by atoms with Crippen LogP contribution in [-0.2, 0) is 20.9 Å². The van der Waals surface area contributed by atoms with Gasteiger partial charge in [-0.15, -0.1) is 0 Å². The van der Waals surface area contributed by atoms with E-state index in [-0.39, 0.29) is 18.5 Å². The second-order valence-electron chi connectivity index (χ2n) is 7.65. The zero-order valence-electron chi connectivity index (χ0n) is 17.3. The molecule has 2 saturated heterocycles. The summed E-state index contributed by atoms with van der Waals surface area (Å²) in [4.78, 5) is 26.0. The molecule has 0 bridgehead atoms. The molecule has 4 rings (SSSR count). The first-order valence-electron chi connectivity index (χ1n) is 10.4. The normalized spacial score (nSPS) is 17.8. The Hall–Kier alpha value is -2.71. The average molecular weight is 412 g/mol. The van der Waals surface area contributed by atoms with Gasteiger partial charge in [-0.3, -0.25) is 4.79 Å². The summed E-state index contributed by atoms with van der Waals surface area (Å²) in [5.74, 6) is 2.20. The summed E-state index contributed by atoms with van der Waals surface area (Å²) in [5, 5.41) is 9.51. The van der Waals surface area contributed by atoms with E-state index in [1.54, 1.807) is 0 Å². The van der Waals surface area contributed by atoms with Crippen LogP contribution in [-0.4, -0.2) is 67.5 Å². The predicted molar refractivity (Wildman–Crippen MR) is 113 cm³/mol. The Balaban J connectivity index is 1.64. The van der Waals surface area contributed by atoms with Gasteiger partial charge in [0.25, 0.3) is 0 Å². The summed E-state index contributed by atoms with van der Waals surface area (Å²) in [6, 6.07) is 9.71. The molecule has 0 saturated carbocycles. The van der Waals surface area contributed by atoms with Crippen molar-refractivity contribution in [2.75, 3.05) is 56.3 Å². The van der Waals surface area contributed by atoms with Gasteiger partial charge in [-0.2, -0.15) is 0 Å². The van der Waals surface area contributed by atoms with Crippen molar-refractivity contribution < 1.29 is 19.4 Å². The highest BCUT2D eigenvalue weighted by Gasteiger charge is 2.27. The third kappa shape index (κ3) is 4.55. The highest BCUT2D eigenvalue weighted by molar-refractivity contribution is 5.72. The summed E-state index contributed by atoms with van der Waals surface area (Å²) < 4.78 is 10.4. The number of nitrogens with zero attached hydrogens (tertiary/aromatic N) is 4. The molecule has 2 aliphatic heterocycles. The van der Waals surface area contributed by atoms with Crippen molar-refractivity contribution in [3.8, 4) is 11.4 Å². The van der Waals surface area contributed by atoms with E-state index in [0.717, 1.165) is 61.8 Å². The molecule has 0 spiro atoms. The van der Waals surface area contributed by atoms with Crippen LogP contribution in [0, 0.1) is 5.92 Å². The van der Waals surface area contributed by atoms with E-state index < -0.39 is 0 Å². The number of aliphatic hydroxyl groups is 1. The highest BCUT2D eigenvalue weighted by atomic mass is 16.5. The molecule has 2 fully saturated rings. The van der Waals surface area contributed by atoms with Crippen LogP contribution in [0.25, 0.3) is 11.4 Å². The molecule has 0 aliphatic carbocycles. The fourth-order valence-electron chi connectivity index (χ4n) is 3.99. The summed E-state index contributed by atoms with van der Waals surface area (Å²) >= 11 is 0. The minimum absolute atomic E-state index is 0.0229. The van der Waals surface area contributed by atoms with E-state index in [4.69, 9.17) is 19.4 Å². The number of ether oxygens (including phenoxy) is 2. The number of morpholine rings is 1. The van der Waals surface area contributed by atoms with Crippen LogP contribution in [0.4, 0.5) is 11.6 Å². The van der Waals surface area contributed by atoms with Crippen LogP contribution in [0.3, 0.4) is 0 Å². The first-order valence-corrected chi connectivity index (χ1v) is 10.4. The van der Waals surface area contributed by atoms with Gasteiger partial charge < -0.3 is 24.4 Å². The summed E-state index contributed by atoms with van der Waals surface area (Å²) in [6.45, 7) is 4.40. The van der Waals surface area contributed by atoms with Gasteiger partial charge in [0.05, 0.1) is 32.8 Å². The number of aromatic nitrogens is 2. The van der Waals surface area contributed by atoms with E-state index in [2.05, 4.69) is 9.80 Å². The van der Waals surface area contributed by atoms with Crippen molar-refractivity contribution in [3.05, 3.63) is 35.9 Å². The summed E-state index contributed by atoms with van der Waals surface area (Å²) in [6.07, 6.45) is 1.50. The molecule has 0 radical (unpaired) electrons. The Morgan fingerprint density at radius 3 is 2.40 bits per heavy atom. The molecule has 8 nitrogen and oxygen atoms in total. The molecule has 8 heteroatoms. The van der Waals surface area contributed by atoms with Crippen molar-refractivity contribution in [1.82, 2.24) is 9.97 Å². The third-order valence-corrected chi connectivity index (χ3v) is 5.76.